The fourth-order valence-electron chi connectivity index (χ4n) is 1.46. The molecular formula is C10H17NO2. The Kier molecular flexibility index (Phi) is 2.96. The predicted octanol–water partition coefficient (Wildman–Crippen LogP) is 2.09. The van der Waals surface area contributed by atoms with E-state index in [9.17, 15) is 4.79 Å². The summed E-state index contributed by atoms with van der Waals surface area (Å²) in [6, 6.07) is 0.113. The van der Waals surface area contributed by atoms with Crippen LogP contribution in [0.1, 0.15) is 27.7 Å². The minimum absolute atomic E-state index is 0.0995. The SMILES string of the molecule is CC(C)=CC1OC(=O)N[C@H]1C(C)C. The summed E-state index contributed by atoms with van der Waals surface area (Å²) >= 11 is 0. The van der Waals surface area contributed by atoms with E-state index in [0.717, 1.165) is 0 Å². The number of carbonyl (C=O) groups is 1. The van der Waals surface area contributed by atoms with Crippen LogP contribution in [0.4, 0.5) is 4.79 Å². The summed E-state index contributed by atoms with van der Waals surface area (Å²) in [4.78, 5) is 11.0. The number of hydrogen-bond acceptors (Lipinski definition) is 2. The average molecular weight is 183 g/mol. The molecule has 1 N–H and O–H groups in total. The van der Waals surface area contributed by atoms with Gasteiger partial charge in [-0.3, -0.25) is 0 Å². The molecule has 2 atom stereocenters. The second-order valence-electron chi connectivity index (χ2n) is 4.03. The van der Waals surface area contributed by atoms with Crippen molar-refractivity contribution >= 4 is 6.09 Å². The molecule has 0 aromatic rings. The molecule has 0 radical (unpaired) electrons. The molecule has 1 aliphatic rings. The lowest BCUT2D eigenvalue weighted by Crippen LogP contribution is -2.35. The Bertz CT molecular complexity index is 229. The molecule has 3 heteroatoms. The fraction of sp³-hybridized carbons (Fsp3) is 0.700. The van der Waals surface area contributed by atoms with Crippen LogP contribution in [0.5, 0.6) is 0 Å². The molecule has 0 spiro atoms. The maximum Gasteiger partial charge on any atom is 0.408 e. The van der Waals surface area contributed by atoms with Crippen molar-refractivity contribution < 1.29 is 9.53 Å². The van der Waals surface area contributed by atoms with E-state index >= 15 is 0 Å². The minimum Gasteiger partial charge on any atom is -0.440 e. The number of amides is 1. The van der Waals surface area contributed by atoms with E-state index in [4.69, 9.17) is 4.74 Å². The van der Waals surface area contributed by atoms with Gasteiger partial charge in [0.25, 0.3) is 0 Å². The maximum absolute atomic E-state index is 11.0. The minimum atomic E-state index is -0.304. The first-order valence-corrected chi connectivity index (χ1v) is 4.63. The summed E-state index contributed by atoms with van der Waals surface area (Å²) in [5.74, 6) is 0.395. The monoisotopic (exact) mass is 183 g/mol. The molecule has 3 nitrogen and oxygen atoms in total. The van der Waals surface area contributed by atoms with Crippen LogP contribution in [-0.4, -0.2) is 18.2 Å². The highest BCUT2D eigenvalue weighted by molar-refractivity contribution is 5.70. The van der Waals surface area contributed by atoms with Gasteiger partial charge in [0.05, 0.1) is 6.04 Å². The zero-order valence-electron chi connectivity index (χ0n) is 8.63. The van der Waals surface area contributed by atoms with Crippen LogP contribution >= 0.6 is 0 Å². The quantitative estimate of drug-likeness (QED) is 0.666. The third kappa shape index (κ3) is 2.47. The molecule has 0 bridgehead atoms. The fourth-order valence-corrected chi connectivity index (χ4v) is 1.46. The van der Waals surface area contributed by atoms with Crippen molar-refractivity contribution in [2.24, 2.45) is 5.92 Å². The first-order valence-electron chi connectivity index (χ1n) is 4.63. The molecular weight excluding hydrogens is 166 g/mol. The van der Waals surface area contributed by atoms with E-state index in [1.807, 2.05) is 19.9 Å². The largest absolute Gasteiger partial charge is 0.440 e. The van der Waals surface area contributed by atoms with Gasteiger partial charge in [-0.25, -0.2) is 4.79 Å². The van der Waals surface area contributed by atoms with E-state index in [-0.39, 0.29) is 18.2 Å². The molecule has 1 saturated heterocycles. The molecule has 1 amide bonds. The summed E-state index contributed by atoms with van der Waals surface area (Å²) < 4.78 is 5.12. The van der Waals surface area contributed by atoms with Gasteiger partial charge in [-0.1, -0.05) is 19.4 Å². The molecule has 1 heterocycles. The van der Waals surface area contributed by atoms with Crippen LogP contribution in [-0.2, 0) is 4.74 Å². The van der Waals surface area contributed by atoms with E-state index in [2.05, 4.69) is 19.2 Å². The average Bonchev–Trinajstić information content (AvgIpc) is 2.29. The van der Waals surface area contributed by atoms with Crippen molar-refractivity contribution in [3.05, 3.63) is 11.6 Å². The molecule has 0 aromatic heterocycles. The zero-order chi connectivity index (χ0) is 10.0. The summed E-state index contributed by atoms with van der Waals surface area (Å²) in [5.41, 5.74) is 1.17. The molecule has 1 aliphatic heterocycles. The Hall–Kier alpha value is -0.990. The normalized spacial score (nSPS) is 27.0. The Balaban J connectivity index is 2.72. The Morgan fingerprint density at radius 1 is 1.54 bits per heavy atom. The van der Waals surface area contributed by atoms with Gasteiger partial charge < -0.3 is 10.1 Å². The van der Waals surface area contributed by atoms with Crippen molar-refractivity contribution in [2.75, 3.05) is 0 Å². The van der Waals surface area contributed by atoms with Gasteiger partial charge in [-0.2, -0.15) is 0 Å². The molecule has 0 aliphatic carbocycles. The zero-order valence-corrected chi connectivity index (χ0v) is 8.63. The molecule has 13 heavy (non-hydrogen) atoms. The van der Waals surface area contributed by atoms with E-state index in [0.29, 0.717) is 5.92 Å². The molecule has 0 aromatic carbocycles. The van der Waals surface area contributed by atoms with E-state index in [1.54, 1.807) is 0 Å². The number of nitrogens with one attached hydrogen (secondary N) is 1. The highest BCUT2D eigenvalue weighted by atomic mass is 16.6. The summed E-state index contributed by atoms with van der Waals surface area (Å²) in [5, 5.41) is 2.80. The van der Waals surface area contributed by atoms with Gasteiger partial charge in [0.1, 0.15) is 6.10 Å². The van der Waals surface area contributed by atoms with Gasteiger partial charge >= 0.3 is 6.09 Å². The Morgan fingerprint density at radius 3 is 2.62 bits per heavy atom. The molecule has 74 valence electrons. The highest BCUT2D eigenvalue weighted by Gasteiger charge is 2.34. The first kappa shape index (κ1) is 10.1. The van der Waals surface area contributed by atoms with Crippen molar-refractivity contribution in [1.82, 2.24) is 5.32 Å². The third-order valence-corrected chi connectivity index (χ3v) is 2.10. The number of alkyl carbamates (subject to hydrolysis) is 1. The molecule has 1 unspecified atom stereocenters. The Labute approximate surface area is 79.2 Å². The number of carbonyl (C=O) groups excluding carboxylic acids is 1. The standard InChI is InChI=1S/C10H17NO2/c1-6(2)5-8-9(7(3)4)11-10(12)13-8/h5,7-9H,1-4H3,(H,11,12)/t8?,9-/m0/s1. The second-order valence-corrected chi connectivity index (χ2v) is 4.03. The lowest BCUT2D eigenvalue weighted by Gasteiger charge is -2.17. The Morgan fingerprint density at radius 2 is 2.15 bits per heavy atom. The van der Waals surface area contributed by atoms with Crippen molar-refractivity contribution in [3.8, 4) is 0 Å². The number of rotatable bonds is 2. The summed E-state index contributed by atoms with van der Waals surface area (Å²) in [7, 11) is 0. The van der Waals surface area contributed by atoms with Crippen molar-refractivity contribution in [1.29, 1.82) is 0 Å². The summed E-state index contributed by atoms with van der Waals surface area (Å²) in [6.07, 6.45) is 1.58. The van der Waals surface area contributed by atoms with Crippen LogP contribution in [0.3, 0.4) is 0 Å². The predicted molar refractivity (Wildman–Crippen MR) is 51.5 cm³/mol. The molecule has 1 rings (SSSR count). The molecule has 0 saturated carbocycles. The van der Waals surface area contributed by atoms with Crippen LogP contribution in [0.25, 0.3) is 0 Å². The number of cyclic esters (lactones) is 1. The molecule has 1 fully saturated rings. The van der Waals surface area contributed by atoms with Gasteiger partial charge in [0.2, 0.25) is 0 Å². The lowest BCUT2D eigenvalue weighted by atomic mass is 9.98. The van der Waals surface area contributed by atoms with E-state index in [1.165, 1.54) is 5.57 Å². The van der Waals surface area contributed by atoms with Crippen LogP contribution in [0.15, 0.2) is 11.6 Å². The maximum atomic E-state index is 11.0. The summed E-state index contributed by atoms with van der Waals surface area (Å²) in [6.45, 7) is 8.16. The van der Waals surface area contributed by atoms with Gasteiger partial charge in [-0.15, -0.1) is 0 Å². The van der Waals surface area contributed by atoms with Gasteiger partial charge in [-0.05, 0) is 25.8 Å². The second kappa shape index (κ2) is 3.81. The lowest BCUT2D eigenvalue weighted by molar-refractivity contribution is 0.149. The van der Waals surface area contributed by atoms with Crippen molar-refractivity contribution in [2.45, 2.75) is 39.8 Å². The van der Waals surface area contributed by atoms with E-state index < -0.39 is 0 Å². The van der Waals surface area contributed by atoms with Crippen LogP contribution in [0, 0.1) is 5.92 Å². The number of hydrogen-bond donors (Lipinski definition) is 1. The first-order chi connectivity index (χ1) is 6.00. The highest BCUT2D eigenvalue weighted by Crippen LogP contribution is 2.18. The van der Waals surface area contributed by atoms with Gasteiger partial charge in [0, 0.05) is 0 Å². The third-order valence-electron chi connectivity index (χ3n) is 2.10. The van der Waals surface area contributed by atoms with Crippen molar-refractivity contribution in [3.63, 3.8) is 0 Å². The van der Waals surface area contributed by atoms with Gasteiger partial charge in [0.15, 0.2) is 0 Å². The van der Waals surface area contributed by atoms with Crippen LogP contribution < -0.4 is 5.32 Å². The smallest absolute Gasteiger partial charge is 0.408 e. The van der Waals surface area contributed by atoms with Crippen LogP contribution in [0.2, 0.25) is 0 Å². The number of ether oxygens (including phenoxy) is 1. The number of allylic oxidation sites excluding steroid dienone is 1. The topological polar surface area (TPSA) is 38.3 Å².